The number of rotatable bonds is 3. The summed E-state index contributed by atoms with van der Waals surface area (Å²) in [6.45, 7) is 0.826. The van der Waals surface area contributed by atoms with Crippen molar-refractivity contribution in [1.29, 1.82) is 0 Å². The molecule has 0 saturated carbocycles. The maximum atomic E-state index is 12.2. The molecule has 8 heteroatoms. The summed E-state index contributed by atoms with van der Waals surface area (Å²) in [5.74, 6) is -1.19. The third-order valence-electron chi connectivity index (χ3n) is 1.77. The van der Waals surface area contributed by atoms with E-state index < -0.39 is 24.1 Å². The second kappa shape index (κ2) is 4.98. The van der Waals surface area contributed by atoms with Crippen LogP contribution in [0, 0.1) is 0 Å². The lowest BCUT2D eigenvalue weighted by Crippen LogP contribution is -2.31. The normalized spacial score (nSPS) is 13.0. The van der Waals surface area contributed by atoms with Crippen molar-refractivity contribution in [2.45, 2.75) is 19.2 Å². The van der Waals surface area contributed by atoms with Gasteiger partial charge in [0.1, 0.15) is 0 Å². The Hall–Kier alpha value is -1.86. The summed E-state index contributed by atoms with van der Waals surface area (Å²) in [4.78, 5) is 18.1. The van der Waals surface area contributed by atoms with Gasteiger partial charge in [-0.1, -0.05) is 0 Å². The molecule has 0 spiro atoms. The Morgan fingerprint density at radius 3 is 2.59 bits per heavy atom. The molecule has 1 rings (SSSR count). The van der Waals surface area contributed by atoms with Gasteiger partial charge in [-0.25, -0.2) is 9.78 Å². The van der Waals surface area contributed by atoms with Crippen LogP contribution in [0.4, 0.5) is 13.2 Å². The Labute approximate surface area is 94.6 Å². The predicted molar refractivity (Wildman–Crippen MR) is 49.5 cm³/mol. The van der Waals surface area contributed by atoms with E-state index in [1.165, 1.54) is 0 Å². The zero-order valence-electron chi connectivity index (χ0n) is 8.99. The highest BCUT2D eigenvalue weighted by molar-refractivity contribution is 5.86. The molecule has 0 aliphatic carbocycles. The summed E-state index contributed by atoms with van der Waals surface area (Å²) in [6.07, 6.45) is -4.50. The van der Waals surface area contributed by atoms with Gasteiger partial charge in [0.15, 0.2) is 11.8 Å². The number of esters is 1. The van der Waals surface area contributed by atoms with Gasteiger partial charge in [-0.3, -0.25) is 4.98 Å². The first kappa shape index (κ1) is 13.2. The van der Waals surface area contributed by atoms with Crippen molar-refractivity contribution in [3.63, 3.8) is 0 Å². The lowest BCUT2D eigenvalue weighted by molar-refractivity contribution is -0.190. The Morgan fingerprint density at radius 1 is 1.41 bits per heavy atom. The molecule has 0 radical (unpaired) electrons. The summed E-state index contributed by atoms with van der Waals surface area (Å²) in [7, 11) is 1.12. The van der Waals surface area contributed by atoms with E-state index in [4.69, 9.17) is 0 Å². The fourth-order valence-corrected chi connectivity index (χ4v) is 0.856. The van der Waals surface area contributed by atoms with E-state index in [-0.39, 0.29) is 5.69 Å². The van der Waals surface area contributed by atoms with Crippen molar-refractivity contribution in [3.05, 3.63) is 18.1 Å². The molecule has 0 fully saturated rings. The standard InChI is InChI=1S/C9H9F3N2O3/c1-5(9(10,11)12)17-7-4-13-3-6(14-7)8(15)16-2/h3-5H,1-2H3. The van der Waals surface area contributed by atoms with Crippen LogP contribution in [0.25, 0.3) is 0 Å². The lowest BCUT2D eigenvalue weighted by Gasteiger charge is -2.16. The lowest BCUT2D eigenvalue weighted by atomic mass is 10.4. The van der Waals surface area contributed by atoms with E-state index in [1.54, 1.807) is 0 Å². The van der Waals surface area contributed by atoms with Gasteiger partial charge in [-0.2, -0.15) is 13.2 Å². The highest BCUT2D eigenvalue weighted by Crippen LogP contribution is 2.23. The maximum Gasteiger partial charge on any atom is 0.425 e. The highest BCUT2D eigenvalue weighted by Gasteiger charge is 2.38. The van der Waals surface area contributed by atoms with Crippen molar-refractivity contribution >= 4 is 5.97 Å². The fourth-order valence-electron chi connectivity index (χ4n) is 0.856. The third kappa shape index (κ3) is 3.58. The third-order valence-corrected chi connectivity index (χ3v) is 1.77. The van der Waals surface area contributed by atoms with Gasteiger partial charge in [-0.05, 0) is 6.92 Å². The first-order valence-electron chi connectivity index (χ1n) is 4.48. The zero-order chi connectivity index (χ0) is 13.1. The Balaban J connectivity index is 2.83. The van der Waals surface area contributed by atoms with Crippen molar-refractivity contribution in [3.8, 4) is 5.88 Å². The Bertz CT molecular complexity index is 409. The van der Waals surface area contributed by atoms with E-state index in [9.17, 15) is 18.0 Å². The van der Waals surface area contributed by atoms with Crippen molar-refractivity contribution < 1.29 is 27.4 Å². The molecule has 1 aromatic rings. The Morgan fingerprint density at radius 2 is 2.06 bits per heavy atom. The molecule has 1 unspecified atom stereocenters. The fraction of sp³-hybridized carbons (Fsp3) is 0.444. The van der Waals surface area contributed by atoms with Crippen LogP contribution in [0.2, 0.25) is 0 Å². The van der Waals surface area contributed by atoms with Crippen LogP contribution >= 0.6 is 0 Å². The van der Waals surface area contributed by atoms with Crippen molar-refractivity contribution in [2.24, 2.45) is 0 Å². The molecule has 0 bridgehead atoms. The molecule has 5 nitrogen and oxygen atoms in total. The minimum Gasteiger partial charge on any atom is -0.464 e. The van der Waals surface area contributed by atoms with Crippen LogP contribution in [-0.2, 0) is 4.74 Å². The molecule has 0 aliphatic rings. The molecule has 1 atom stereocenters. The number of nitrogens with zero attached hydrogens (tertiary/aromatic N) is 2. The molecular formula is C9H9F3N2O3. The molecule has 0 aromatic carbocycles. The predicted octanol–water partition coefficient (Wildman–Crippen LogP) is 1.59. The van der Waals surface area contributed by atoms with E-state index in [0.717, 1.165) is 26.4 Å². The van der Waals surface area contributed by atoms with Crippen LogP contribution in [0.5, 0.6) is 5.88 Å². The molecule has 0 saturated heterocycles. The van der Waals surface area contributed by atoms with Crippen LogP contribution in [0.3, 0.4) is 0 Å². The number of ether oxygens (including phenoxy) is 2. The van der Waals surface area contributed by atoms with Gasteiger partial charge in [0.05, 0.1) is 19.5 Å². The summed E-state index contributed by atoms with van der Waals surface area (Å²) in [5.41, 5.74) is -0.223. The second-order valence-corrected chi connectivity index (χ2v) is 3.04. The van der Waals surface area contributed by atoms with E-state index >= 15 is 0 Å². The minimum absolute atomic E-state index is 0.223. The minimum atomic E-state index is -4.51. The molecule has 0 N–H and O–H groups in total. The van der Waals surface area contributed by atoms with Crippen molar-refractivity contribution in [2.75, 3.05) is 7.11 Å². The monoisotopic (exact) mass is 250 g/mol. The van der Waals surface area contributed by atoms with E-state index in [2.05, 4.69) is 19.4 Å². The van der Waals surface area contributed by atoms with E-state index in [0.29, 0.717) is 0 Å². The van der Waals surface area contributed by atoms with Gasteiger partial charge in [0.2, 0.25) is 5.88 Å². The summed E-state index contributed by atoms with van der Waals surface area (Å²) < 4.78 is 45.4. The maximum absolute atomic E-state index is 12.2. The average Bonchev–Trinajstić information content (AvgIpc) is 2.27. The number of carbonyl (C=O) groups is 1. The first-order chi connectivity index (χ1) is 7.84. The SMILES string of the molecule is COC(=O)c1cncc(OC(C)C(F)(F)F)n1. The number of aromatic nitrogens is 2. The topological polar surface area (TPSA) is 61.3 Å². The second-order valence-electron chi connectivity index (χ2n) is 3.04. The number of carbonyl (C=O) groups excluding carboxylic acids is 1. The quantitative estimate of drug-likeness (QED) is 0.762. The largest absolute Gasteiger partial charge is 0.464 e. The smallest absolute Gasteiger partial charge is 0.425 e. The van der Waals surface area contributed by atoms with Crippen LogP contribution in [0.15, 0.2) is 12.4 Å². The van der Waals surface area contributed by atoms with Crippen molar-refractivity contribution in [1.82, 2.24) is 9.97 Å². The molecule has 1 heterocycles. The van der Waals surface area contributed by atoms with E-state index in [1.807, 2.05) is 0 Å². The van der Waals surface area contributed by atoms with Gasteiger partial charge in [0.25, 0.3) is 0 Å². The zero-order valence-corrected chi connectivity index (χ0v) is 8.99. The number of hydrogen-bond acceptors (Lipinski definition) is 5. The summed E-state index contributed by atoms with van der Waals surface area (Å²) in [6, 6.07) is 0. The summed E-state index contributed by atoms with van der Waals surface area (Å²) in [5, 5.41) is 0. The van der Waals surface area contributed by atoms with Gasteiger partial charge < -0.3 is 9.47 Å². The van der Waals surface area contributed by atoms with Crippen LogP contribution in [-0.4, -0.2) is 35.3 Å². The van der Waals surface area contributed by atoms with Gasteiger partial charge >= 0.3 is 12.1 Å². The van der Waals surface area contributed by atoms with Gasteiger partial charge in [-0.15, -0.1) is 0 Å². The highest BCUT2D eigenvalue weighted by atomic mass is 19.4. The number of halogens is 3. The summed E-state index contributed by atoms with van der Waals surface area (Å²) >= 11 is 0. The number of methoxy groups -OCH3 is 1. The number of alkyl halides is 3. The van der Waals surface area contributed by atoms with Crippen LogP contribution < -0.4 is 4.74 Å². The number of hydrogen-bond donors (Lipinski definition) is 0. The average molecular weight is 250 g/mol. The molecular weight excluding hydrogens is 241 g/mol. The first-order valence-corrected chi connectivity index (χ1v) is 4.48. The van der Waals surface area contributed by atoms with Gasteiger partial charge in [0, 0.05) is 0 Å². The molecule has 1 aromatic heterocycles. The molecule has 94 valence electrons. The molecule has 0 amide bonds. The molecule has 0 aliphatic heterocycles. The Kier molecular flexibility index (Phi) is 3.87. The van der Waals surface area contributed by atoms with Crippen LogP contribution in [0.1, 0.15) is 17.4 Å². The molecule has 17 heavy (non-hydrogen) atoms.